The summed E-state index contributed by atoms with van der Waals surface area (Å²) in [6.07, 6.45) is 5.34. The van der Waals surface area contributed by atoms with Crippen molar-refractivity contribution in [3.05, 3.63) is 24.0 Å². The predicted octanol–water partition coefficient (Wildman–Crippen LogP) is 2.04. The normalized spacial score (nSPS) is 25.8. The van der Waals surface area contributed by atoms with E-state index < -0.39 is 0 Å². The van der Waals surface area contributed by atoms with Crippen LogP contribution in [0, 0.1) is 0 Å². The average molecular weight is 193 g/mol. The summed E-state index contributed by atoms with van der Waals surface area (Å²) in [4.78, 5) is 10.7. The summed E-state index contributed by atoms with van der Waals surface area (Å²) < 4.78 is 7.52. The van der Waals surface area contributed by atoms with E-state index >= 15 is 0 Å². The van der Waals surface area contributed by atoms with Gasteiger partial charge in [0.2, 0.25) is 0 Å². The van der Waals surface area contributed by atoms with E-state index in [1.807, 2.05) is 29.8 Å². The van der Waals surface area contributed by atoms with E-state index in [1.165, 1.54) is 0 Å². The molecule has 0 atom stereocenters. The van der Waals surface area contributed by atoms with Crippen molar-refractivity contribution < 1.29 is 9.53 Å². The number of carbonyl (C=O) groups is 1. The van der Waals surface area contributed by atoms with Crippen LogP contribution in [0.25, 0.3) is 0 Å². The molecule has 3 nitrogen and oxygen atoms in total. The number of ether oxygens (including phenoxy) is 1. The largest absolute Gasteiger partial charge is 0.378 e. The van der Waals surface area contributed by atoms with E-state index in [9.17, 15) is 4.79 Å². The molecule has 1 aromatic rings. The highest BCUT2D eigenvalue weighted by Gasteiger charge is 2.31. The van der Waals surface area contributed by atoms with Crippen LogP contribution in [0.4, 0.5) is 0 Å². The Morgan fingerprint density at radius 2 is 2.43 bits per heavy atom. The van der Waals surface area contributed by atoms with Crippen LogP contribution in [0.2, 0.25) is 0 Å². The maximum atomic E-state index is 10.7. The molecule has 0 unspecified atom stereocenters. The summed E-state index contributed by atoms with van der Waals surface area (Å²) in [7, 11) is 0. The van der Waals surface area contributed by atoms with Gasteiger partial charge in [-0.1, -0.05) is 0 Å². The van der Waals surface area contributed by atoms with Crippen LogP contribution in [-0.2, 0) is 4.74 Å². The van der Waals surface area contributed by atoms with Gasteiger partial charge < -0.3 is 9.30 Å². The van der Waals surface area contributed by atoms with Crippen molar-refractivity contribution in [2.75, 3.05) is 6.61 Å². The number of rotatable bonds is 4. The van der Waals surface area contributed by atoms with Gasteiger partial charge in [0.05, 0.1) is 11.8 Å². The van der Waals surface area contributed by atoms with Crippen LogP contribution in [0.15, 0.2) is 18.3 Å². The van der Waals surface area contributed by atoms with Crippen molar-refractivity contribution in [2.24, 2.45) is 0 Å². The van der Waals surface area contributed by atoms with Gasteiger partial charge in [0, 0.05) is 18.8 Å². The van der Waals surface area contributed by atoms with Gasteiger partial charge in [0.15, 0.2) is 6.29 Å². The first-order valence-electron chi connectivity index (χ1n) is 5.08. The summed E-state index contributed by atoms with van der Waals surface area (Å²) in [5.74, 6) is 0. The molecule has 3 heteroatoms. The summed E-state index contributed by atoms with van der Waals surface area (Å²) in [5.41, 5.74) is 0.768. The lowest BCUT2D eigenvalue weighted by atomic mass is 9.89. The van der Waals surface area contributed by atoms with Crippen molar-refractivity contribution in [2.45, 2.75) is 31.9 Å². The summed E-state index contributed by atoms with van der Waals surface area (Å²) in [6, 6.07) is 4.22. The number of hydrogen-bond donors (Lipinski definition) is 0. The molecule has 1 saturated carbocycles. The van der Waals surface area contributed by atoms with Gasteiger partial charge in [0.25, 0.3) is 0 Å². The second kappa shape index (κ2) is 3.96. The fourth-order valence-corrected chi connectivity index (χ4v) is 1.98. The number of carbonyl (C=O) groups excluding carboxylic acids is 1. The lowest BCUT2D eigenvalue weighted by molar-refractivity contribution is -0.0199. The molecule has 0 bridgehead atoms. The highest BCUT2D eigenvalue weighted by molar-refractivity contribution is 5.72. The van der Waals surface area contributed by atoms with Crippen molar-refractivity contribution in [3.8, 4) is 0 Å². The Hall–Kier alpha value is -1.09. The molecule has 0 aromatic carbocycles. The van der Waals surface area contributed by atoms with Crippen molar-refractivity contribution >= 4 is 6.29 Å². The van der Waals surface area contributed by atoms with E-state index in [4.69, 9.17) is 4.74 Å². The molecule has 1 aromatic heterocycles. The lowest BCUT2D eigenvalue weighted by Crippen LogP contribution is -2.33. The smallest absolute Gasteiger partial charge is 0.166 e. The van der Waals surface area contributed by atoms with Crippen molar-refractivity contribution in [3.63, 3.8) is 0 Å². The summed E-state index contributed by atoms with van der Waals surface area (Å²) in [6.45, 7) is 2.80. The van der Waals surface area contributed by atoms with Crippen LogP contribution in [0.5, 0.6) is 0 Å². The topological polar surface area (TPSA) is 31.2 Å². The zero-order valence-electron chi connectivity index (χ0n) is 8.35. The van der Waals surface area contributed by atoms with Gasteiger partial charge >= 0.3 is 0 Å². The molecule has 1 fully saturated rings. The quantitative estimate of drug-likeness (QED) is 0.685. The van der Waals surface area contributed by atoms with Gasteiger partial charge in [-0.2, -0.15) is 0 Å². The Morgan fingerprint density at radius 1 is 1.64 bits per heavy atom. The van der Waals surface area contributed by atoms with Gasteiger partial charge in [-0.3, -0.25) is 4.79 Å². The van der Waals surface area contributed by atoms with E-state index in [-0.39, 0.29) is 0 Å². The molecule has 76 valence electrons. The molecular weight excluding hydrogens is 178 g/mol. The molecule has 0 radical (unpaired) electrons. The molecule has 0 aliphatic heterocycles. The van der Waals surface area contributed by atoms with E-state index in [0.29, 0.717) is 12.1 Å². The molecule has 1 aliphatic rings. The fourth-order valence-electron chi connectivity index (χ4n) is 1.98. The molecule has 0 amide bonds. The number of hydrogen-bond acceptors (Lipinski definition) is 2. The van der Waals surface area contributed by atoms with E-state index in [2.05, 4.69) is 0 Å². The predicted molar refractivity (Wildman–Crippen MR) is 53.5 cm³/mol. The highest BCUT2D eigenvalue weighted by atomic mass is 16.5. The first-order valence-corrected chi connectivity index (χ1v) is 5.08. The maximum Gasteiger partial charge on any atom is 0.166 e. The zero-order chi connectivity index (χ0) is 9.97. The lowest BCUT2D eigenvalue weighted by Gasteiger charge is -2.36. The Kier molecular flexibility index (Phi) is 2.68. The van der Waals surface area contributed by atoms with Gasteiger partial charge in [-0.15, -0.1) is 0 Å². The monoisotopic (exact) mass is 193 g/mol. The second-order valence-electron chi connectivity index (χ2n) is 3.66. The minimum Gasteiger partial charge on any atom is -0.378 e. The third-order valence-corrected chi connectivity index (χ3v) is 2.80. The Balaban J connectivity index is 1.96. The summed E-state index contributed by atoms with van der Waals surface area (Å²) in [5, 5.41) is 0. The van der Waals surface area contributed by atoms with E-state index in [1.54, 1.807) is 0 Å². The van der Waals surface area contributed by atoms with Gasteiger partial charge in [-0.25, -0.2) is 0 Å². The first kappa shape index (κ1) is 9.46. The standard InChI is InChI=1S/C11H15NO2/c1-2-14-11-6-10(7-11)12-5-3-4-9(12)8-13/h3-5,8,10-11H,2,6-7H2,1H3. The third-order valence-electron chi connectivity index (χ3n) is 2.80. The molecule has 1 aliphatic carbocycles. The van der Waals surface area contributed by atoms with Crippen LogP contribution in [-0.4, -0.2) is 23.6 Å². The average Bonchev–Trinajstić information content (AvgIpc) is 2.58. The Morgan fingerprint density at radius 3 is 3.07 bits per heavy atom. The van der Waals surface area contributed by atoms with Gasteiger partial charge in [-0.05, 0) is 31.9 Å². The van der Waals surface area contributed by atoms with Crippen molar-refractivity contribution in [1.29, 1.82) is 0 Å². The SMILES string of the molecule is CCOC1CC(n2cccc2C=O)C1. The minimum absolute atomic E-state index is 0.395. The second-order valence-corrected chi connectivity index (χ2v) is 3.66. The van der Waals surface area contributed by atoms with Gasteiger partial charge in [0.1, 0.15) is 0 Å². The molecule has 1 heterocycles. The Labute approximate surface area is 83.7 Å². The molecule has 14 heavy (non-hydrogen) atoms. The first-order chi connectivity index (χ1) is 6.85. The molecule has 0 spiro atoms. The highest BCUT2D eigenvalue weighted by Crippen LogP contribution is 2.35. The fraction of sp³-hybridized carbons (Fsp3) is 0.545. The third kappa shape index (κ3) is 1.60. The van der Waals surface area contributed by atoms with Crippen LogP contribution in [0.3, 0.4) is 0 Å². The van der Waals surface area contributed by atoms with E-state index in [0.717, 1.165) is 31.4 Å². The maximum absolute atomic E-state index is 10.7. The molecule has 0 N–H and O–H groups in total. The molecule has 2 rings (SSSR count). The van der Waals surface area contributed by atoms with Crippen molar-refractivity contribution in [1.82, 2.24) is 4.57 Å². The number of aldehydes is 1. The number of aromatic nitrogens is 1. The van der Waals surface area contributed by atoms with Crippen LogP contribution in [0.1, 0.15) is 36.3 Å². The molecule has 0 saturated heterocycles. The molecular formula is C11H15NO2. The summed E-state index contributed by atoms with van der Waals surface area (Å²) >= 11 is 0. The number of nitrogens with zero attached hydrogens (tertiary/aromatic N) is 1. The minimum atomic E-state index is 0.395. The zero-order valence-corrected chi connectivity index (χ0v) is 8.35. The van der Waals surface area contributed by atoms with Crippen LogP contribution < -0.4 is 0 Å². The Bertz CT molecular complexity index is 313. The van der Waals surface area contributed by atoms with Crippen LogP contribution >= 0.6 is 0 Å².